The summed E-state index contributed by atoms with van der Waals surface area (Å²) in [5.74, 6) is -0.0818. The van der Waals surface area contributed by atoms with Gasteiger partial charge in [0.25, 0.3) is 0 Å². The molecule has 0 radical (unpaired) electrons. The maximum atomic E-state index is 12.1. The fraction of sp³-hybridized carbons (Fsp3) is 0.941. The summed E-state index contributed by atoms with van der Waals surface area (Å²) >= 11 is 0. The lowest BCUT2D eigenvalue weighted by Gasteiger charge is -2.44. The monoisotopic (exact) mass is 283 g/mol. The summed E-state index contributed by atoms with van der Waals surface area (Å²) in [6, 6.07) is 0.249. The highest BCUT2D eigenvalue weighted by atomic mass is 16.5. The van der Waals surface area contributed by atoms with Gasteiger partial charge in [-0.1, -0.05) is 6.92 Å². The molecule has 3 nitrogen and oxygen atoms in total. The van der Waals surface area contributed by atoms with Crippen LogP contribution in [0.1, 0.15) is 74.7 Å². The SMILES string of the molecule is CCC(C)(C)C(=O)OCC(C)N1C(C)(C)CCC1(C)C. The highest BCUT2D eigenvalue weighted by molar-refractivity contribution is 5.75. The number of rotatable bonds is 5. The minimum Gasteiger partial charge on any atom is -0.464 e. The van der Waals surface area contributed by atoms with Gasteiger partial charge in [0.2, 0.25) is 0 Å². The fourth-order valence-electron chi connectivity index (χ4n) is 3.48. The van der Waals surface area contributed by atoms with Gasteiger partial charge in [0.15, 0.2) is 0 Å². The van der Waals surface area contributed by atoms with Gasteiger partial charge in [0, 0.05) is 17.1 Å². The number of hydrogen-bond acceptors (Lipinski definition) is 3. The molecule has 0 aliphatic carbocycles. The van der Waals surface area contributed by atoms with Crippen LogP contribution in [0.5, 0.6) is 0 Å². The lowest BCUT2D eigenvalue weighted by atomic mass is 9.91. The number of hydrogen-bond donors (Lipinski definition) is 0. The Bertz CT molecular complexity index is 342. The summed E-state index contributed by atoms with van der Waals surface area (Å²) in [5, 5.41) is 0. The average molecular weight is 283 g/mol. The molecule has 1 heterocycles. The Balaban J connectivity index is 2.67. The summed E-state index contributed by atoms with van der Waals surface area (Å²) in [6.07, 6.45) is 3.19. The van der Waals surface area contributed by atoms with Crippen LogP contribution in [0, 0.1) is 5.41 Å². The van der Waals surface area contributed by atoms with Crippen LogP contribution in [0.15, 0.2) is 0 Å². The summed E-state index contributed by atoms with van der Waals surface area (Å²) in [5.41, 5.74) is -0.0268. The van der Waals surface area contributed by atoms with Crippen LogP contribution >= 0.6 is 0 Å². The van der Waals surface area contributed by atoms with Gasteiger partial charge in [-0.25, -0.2) is 0 Å². The van der Waals surface area contributed by atoms with Crippen molar-refractivity contribution in [1.29, 1.82) is 0 Å². The zero-order valence-corrected chi connectivity index (χ0v) is 14.7. The molecular formula is C17H33NO2. The molecule has 0 N–H and O–H groups in total. The Morgan fingerprint density at radius 1 is 1.20 bits per heavy atom. The van der Waals surface area contributed by atoms with Crippen molar-refractivity contribution in [3.8, 4) is 0 Å². The first-order valence-corrected chi connectivity index (χ1v) is 7.91. The molecular weight excluding hydrogens is 250 g/mol. The lowest BCUT2D eigenvalue weighted by molar-refractivity contribution is -0.157. The van der Waals surface area contributed by atoms with Gasteiger partial charge >= 0.3 is 5.97 Å². The molecule has 0 spiro atoms. The van der Waals surface area contributed by atoms with Crippen molar-refractivity contribution in [2.75, 3.05) is 6.61 Å². The Labute approximate surface area is 125 Å². The summed E-state index contributed by atoms with van der Waals surface area (Å²) in [7, 11) is 0. The Morgan fingerprint density at radius 2 is 1.65 bits per heavy atom. The standard InChI is InChI=1S/C17H33NO2/c1-9-15(3,4)14(19)20-12-13(2)18-16(5,6)10-11-17(18,7)8/h13H,9-12H2,1-8H3. The number of carbonyl (C=O) groups excluding carboxylic acids is 1. The van der Waals surface area contributed by atoms with Crippen LogP contribution in [0.25, 0.3) is 0 Å². The zero-order valence-electron chi connectivity index (χ0n) is 14.7. The molecule has 1 aliphatic heterocycles. The molecule has 0 bridgehead atoms. The number of esters is 1. The first-order chi connectivity index (χ1) is 8.94. The van der Waals surface area contributed by atoms with Gasteiger partial charge < -0.3 is 4.74 Å². The molecule has 0 saturated carbocycles. The van der Waals surface area contributed by atoms with E-state index >= 15 is 0 Å². The van der Waals surface area contributed by atoms with Crippen LogP contribution in [0.2, 0.25) is 0 Å². The predicted octanol–water partition coefficient (Wildman–Crippen LogP) is 4.01. The molecule has 1 rings (SSSR count). The van der Waals surface area contributed by atoms with Crippen LogP contribution in [-0.4, -0.2) is 34.6 Å². The van der Waals surface area contributed by atoms with Gasteiger partial charge in [-0.2, -0.15) is 0 Å². The largest absolute Gasteiger partial charge is 0.464 e. The molecule has 3 heteroatoms. The molecule has 20 heavy (non-hydrogen) atoms. The summed E-state index contributed by atoms with van der Waals surface area (Å²) < 4.78 is 5.58. The number of carbonyl (C=O) groups is 1. The normalized spacial score (nSPS) is 23.6. The van der Waals surface area contributed by atoms with E-state index in [4.69, 9.17) is 4.74 Å². The van der Waals surface area contributed by atoms with Crippen LogP contribution in [0.4, 0.5) is 0 Å². The highest BCUT2D eigenvalue weighted by Crippen LogP contribution is 2.42. The van der Waals surface area contributed by atoms with Crippen molar-refractivity contribution < 1.29 is 9.53 Å². The van der Waals surface area contributed by atoms with Gasteiger partial charge in [0.1, 0.15) is 6.61 Å². The number of likely N-dealkylation sites (tertiary alicyclic amines) is 1. The minimum absolute atomic E-state index is 0.0818. The second kappa shape index (κ2) is 5.67. The third-order valence-electron chi connectivity index (χ3n) is 4.99. The second-order valence-corrected chi connectivity index (χ2v) is 8.18. The Hall–Kier alpha value is -0.570. The van der Waals surface area contributed by atoms with Crippen molar-refractivity contribution >= 4 is 5.97 Å². The second-order valence-electron chi connectivity index (χ2n) is 8.18. The third-order valence-corrected chi connectivity index (χ3v) is 4.99. The topological polar surface area (TPSA) is 29.5 Å². The zero-order chi connectivity index (χ0) is 15.8. The van der Waals surface area contributed by atoms with E-state index in [9.17, 15) is 4.79 Å². The van der Waals surface area contributed by atoms with Crippen molar-refractivity contribution in [2.24, 2.45) is 5.41 Å². The van der Waals surface area contributed by atoms with Crippen molar-refractivity contribution in [2.45, 2.75) is 91.8 Å². The van der Waals surface area contributed by atoms with E-state index in [1.807, 2.05) is 20.8 Å². The lowest BCUT2D eigenvalue weighted by Crippen LogP contribution is -2.54. The Morgan fingerprint density at radius 3 is 2.05 bits per heavy atom. The van der Waals surface area contributed by atoms with Crippen molar-refractivity contribution in [1.82, 2.24) is 4.90 Å². The highest BCUT2D eigenvalue weighted by Gasteiger charge is 2.46. The van der Waals surface area contributed by atoms with Crippen molar-refractivity contribution in [3.05, 3.63) is 0 Å². The number of nitrogens with zero attached hydrogens (tertiary/aromatic N) is 1. The van der Waals surface area contributed by atoms with Gasteiger partial charge in [-0.15, -0.1) is 0 Å². The number of ether oxygens (including phenoxy) is 1. The third kappa shape index (κ3) is 3.55. The Kier molecular flexibility index (Phi) is 4.95. The smallest absolute Gasteiger partial charge is 0.311 e. The first kappa shape index (κ1) is 17.5. The van der Waals surface area contributed by atoms with Crippen LogP contribution in [0.3, 0.4) is 0 Å². The van der Waals surface area contributed by atoms with E-state index < -0.39 is 0 Å². The molecule has 0 aromatic heterocycles. The maximum absolute atomic E-state index is 12.1. The fourth-order valence-corrected chi connectivity index (χ4v) is 3.48. The molecule has 0 amide bonds. The minimum atomic E-state index is -0.379. The maximum Gasteiger partial charge on any atom is 0.311 e. The van der Waals surface area contributed by atoms with E-state index in [1.54, 1.807) is 0 Å². The first-order valence-electron chi connectivity index (χ1n) is 7.91. The molecule has 1 unspecified atom stereocenters. The van der Waals surface area contributed by atoms with Crippen LogP contribution < -0.4 is 0 Å². The average Bonchev–Trinajstić information content (AvgIpc) is 2.55. The molecule has 0 aromatic carbocycles. The van der Waals surface area contributed by atoms with E-state index in [-0.39, 0.29) is 28.5 Å². The summed E-state index contributed by atoms with van der Waals surface area (Å²) in [4.78, 5) is 14.6. The van der Waals surface area contributed by atoms with E-state index in [0.29, 0.717) is 6.61 Å². The summed E-state index contributed by atoms with van der Waals surface area (Å²) in [6.45, 7) is 17.7. The van der Waals surface area contributed by atoms with Gasteiger partial charge in [-0.3, -0.25) is 9.69 Å². The quantitative estimate of drug-likeness (QED) is 0.714. The molecule has 1 aliphatic rings. The predicted molar refractivity (Wildman–Crippen MR) is 83.7 cm³/mol. The molecule has 0 aromatic rings. The van der Waals surface area contributed by atoms with Crippen LogP contribution in [-0.2, 0) is 9.53 Å². The molecule has 1 fully saturated rings. The van der Waals surface area contributed by atoms with E-state index in [2.05, 4.69) is 39.5 Å². The molecule has 1 atom stereocenters. The molecule has 118 valence electrons. The van der Waals surface area contributed by atoms with Gasteiger partial charge in [-0.05, 0) is 67.7 Å². The van der Waals surface area contributed by atoms with E-state index in [1.165, 1.54) is 12.8 Å². The molecule has 1 saturated heterocycles. The van der Waals surface area contributed by atoms with Crippen molar-refractivity contribution in [3.63, 3.8) is 0 Å². The van der Waals surface area contributed by atoms with Gasteiger partial charge in [0.05, 0.1) is 5.41 Å². The van der Waals surface area contributed by atoms with E-state index in [0.717, 1.165) is 6.42 Å².